The van der Waals surface area contributed by atoms with E-state index in [1.54, 1.807) is 36.9 Å². The number of likely N-dealkylation sites (tertiary alicyclic amines) is 1. The highest BCUT2D eigenvalue weighted by Gasteiger charge is 2.53. The number of H-pyrrole nitrogens is 1. The van der Waals surface area contributed by atoms with E-state index in [0.29, 0.717) is 37.7 Å². The Bertz CT molecular complexity index is 1500. The van der Waals surface area contributed by atoms with Crippen LogP contribution in [0.15, 0.2) is 42.6 Å². The number of benzene rings is 2. The fraction of sp³-hybridized carbons (Fsp3) is 0.429. The van der Waals surface area contributed by atoms with Gasteiger partial charge in [0.15, 0.2) is 0 Å². The van der Waals surface area contributed by atoms with Crippen molar-refractivity contribution >= 4 is 34.3 Å². The van der Waals surface area contributed by atoms with E-state index in [1.165, 1.54) is 0 Å². The Kier molecular flexibility index (Phi) is 7.16. The summed E-state index contributed by atoms with van der Waals surface area (Å²) < 4.78 is 53.8. The highest BCUT2D eigenvalue weighted by Crippen LogP contribution is 2.40. The van der Waals surface area contributed by atoms with Gasteiger partial charge in [-0.25, -0.2) is 4.39 Å². The van der Waals surface area contributed by atoms with Crippen LogP contribution in [0.1, 0.15) is 42.6 Å². The summed E-state index contributed by atoms with van der Waals surface area (Å²) in [7, 11) is 1.73. The van der Waals surface area contributed by atoms with Gasteiger partial charge in [0.1, 0.15) is 17.4 Å². The Morgan fingerprint density at radius 3 is 2.46 bits per heavy atom. The topological polar surface area (TPSA) is 102 Å². The van der Waals surface area contributed by atoms with Gasteiger partial charge in [-0.1, -0.05) is 13.8 Å². The number of hydrogen-bond acceptors (Lipinski definition) is 5. The molecule has 5 rings (SSSR count). The van der Waals surface area contributed by atoms with Gasteiger partial charge in [-0.3, -0.25) is 19.5 Å². The number of amides is 3. The van der Waals surface area contributed by atoms with Crippen LogP contribution < -0.4 is 10.2 Å². The highest BCUT2D eigenvalue weighted by molar-refractivity contribution is 5.98. The molecule has 9 nitrogen and oxygen atoms in total. The molecular weight excluding hydrogens is 544 g/mol. The number of aromatic amines is 1. The van der Waals surface area contributed by atoms with Crippen molar-refractivity contribution < 1.29 is 31.9 Å². The number of hydrogen-bond donors (Lipinski definition) is 2. The van der Waals surface area contributed by atoms with Crippen LogP contribution in [0.25, 0.3) is 10.9 Å². The summed E-state index contributed by atoms with van der Waals surface area (Å²) in [5.74, 6) is -3.16. The Labute approximate surface area is 233 Å². The summed E-state index contributed by atoms with van der Waals surface area (Å²) >= 11 is 0. The summed E-state index contributed by atoms with van der Waals surface area (Å²) in [4.78, 5) is 45.1. The van der Waals surface area contributed by atoms with Crippen molar-refractivity contribution in [1.29, 1.82) is 0 Å². The molecule has 1 unspecified atom stereocenters. The normalized spacial score (nSPS) is 18.0. The van der Waals surface area contributed by atoms with Crippen molar-refractivity contribution in [2.75, 3.05) is 31.7 Å². The Morgan fingerprint density at radius 1 is 1.10 bits per heavy atom. The third kappa shape index (κ3) is 5.08. The second kappa shape index (κ2) is 10.3. The summed E-state index contributed by atoms with van der Waals surface area (Å²) in [6.07, 6.45) is -2.37. The standard InChI is InChI=1S/C28H30F4N6O3/c1-16(2)23(34-24(39)20-13-18(28(30,31)32)4-6-21(20)29)25(40)37-10-8-27(9-11-37)26(41)36(3)15-38(27)19-5-7-22-17(12-19)14-33-35-22/h4-7,12-14,16,23H,8-11,15H2,1-3H3,(H,33,35)(H,34,39). The maximum absolute atomic E-state index is 14.3. The van der Waals surface area contributed by atoms with Gasteiger partial charge in [0.2, 0.25) is 11.8 Å². The first-order valence-corrected chi connectivity index (χ1v) is 13.2. The minimum absolute atomic E-state index is 0.0503. The van der Waals surface area contributed by atoms with Crippen LogP contribution in [0.3, 0.4) is 0 Å². The van der Waals surface area contributed by atoms with Crippen LogP contribution in [-0.4, -0.2) is 76.1 Å². The van der Waals surface area contributed by atoms with E-state index >= 15 is 0 Å². The van der Waals surface area contributed by atoms with E-state index in [1.807, 2.05) is 23.1 Å². The fourth-order valence-corrected chi connectivity index (χ4v) is 5.69. The van der Waals surface area contributed by atoms with E-state index in [9.17, 15) is 31.9 Å². The van der Waals surface area contributed by atoms with E-state index in [4.69, 9.17) is 0 Å². The van der Waals surface area contributed by atoms with Crippen LogP contribution in [0.2, 0.25) is 0 Å². The third-order valence-electron chi connectivity index (χ3n) is 8.01. The minimum Gasteiger partial charge on any atom is -0.341 e. The lowest BCUT2D eigenvalue weighted by Gasteiger charge is -2.44. The molecule has 41 heavy (non-hydrogen) atoms. The molecule has 2 fully saturated rings. The first kappa shape index (κ1) is 28.4. The third-order valence-corrected chi connectivity index (χ3v) is 8.01. The molecule has 0 saturated carbocycles. The molecule has 0 bridgehead atoms. The molecule has 13 heteroatoms. The molecule has 1 atom stereocenters. The molecule has 218 valence electrons. The molecule has 3 amide bonds. The zero-order valence-corrected chi connectivity index (χ0v) is 22.8. The Balaban J connectivity index is 1.33. The lowest BCUT2D eigenvalue weighted by Crippen LogP contribution is -2.60. The van der Waals surface area contributed by atoms with Gasteiger partial charge in [-0.15, -0.1) is 0 Å². The van der Waals surface area contributed by atoms with Crippen LogP contribution in [0.5, 0.6) is 0 Å². The van der Waals surface area contributed by atoms with Gasteiger partial charge in [-0.2, -0.15) is 18.3 Å². The smallest absolute Gasteiger partial charge is 0.341 e. The summed E-state index contributed by atoms with van der Waals surface area (Å²) in [5.41, 5.74) is -1.09. The zero-order valence-electron chi connectivity index (χ0n) is 22.8. The Hall–Kier alpha value is -4.16. The van der Waals surface area contributed by atoms with Crippen LogP contribution in [0.4, 0.5) is 23.2 Å². The largest absolute Gasteiger partial charge is 0.416 e. The number of carbonyl (C=O) groups excluding carboxylic acids is 3. The molecule has 3 heterocycles. The predicted octanol–water partition coefficient (Wildman–Crippen LogP) is 3.77. The Morgan fingerprint density at radius 2 is 1.80 bits per heavy atom. The van der Waals surface area contributed by atoms with Crippen LogP contribution >= 0.6 is 0 Å². The highest BCUT2D eigenvalue weighted by atomic mass is 19.4. The maximum Gasteiger partial charge on any atom is 0.416 e. The number of carbonyl (C=O) groups is 3. The number of aromatic nitrogens is 2. The van der Waals surface area contributed by atoms with Crippen molar-refractivity contribution in [2.24, 2.45) is 5.92 Å². The van der Waals surface area contributed by atoms with Crippen molar-refractivity contribution in [1.82, 2.24) is 25.3 Å². The second-order valence-corrected chi connectivity index (χ2v) is 11.0. The van der Waals surface area contributed by atoms with Crippen LogP contribution in [-0.2, 0) is 15.8 Å². The molecule has 1 aromatic heterocycles. The first-order valence-electron chi connectivity index (χ1n) is 13.2. The predicted molar refractivity (Wildman–Crippen MR) is 142 cm³/mol. The van der Waals surface area contributed by atoms with E-state index in [-0.39, 0.29) is 19.0 Å². The molecule has 2 saturated heterocycles. The van der Waals surface area contributed by atoms with Crippen molar-refractivity contribution in [2.45, 2.75) is 44.4 Å². The van der Waals surface area contributed by atoms with Crippen molar-refractivity contribution in [3.63, 3.8) is 0 Å². The zero-order chi connectivity index (χ0) is 29.7. The van der Waals surface area contributed by atoms with E-state index in [0.717, 1.165) is 16.6 Å². The van der Waals surface area contributed by atoms with Gasteiger partial charge in [0.25, 0.3) is 5.91 Å². The summed E-state index contributed by atoms with van der Waals surface area (Å²) in [6, 6.07) is 6.25. The van der Waals surface area contributed by atoms with Gasteiger partial charge >= 0.3 is 6.18 Å². The number of rotatable bonds is 5. The number of anilines is 1. The average Bonchev–Trinajstić information content (AvgIpc) is 3.49. The monoisotopic (exact) mass is 574 g/mol. The van der Waals surface area contributed by atoms with E-state index < -0.39 is 52.4 Å². The van der Waals surface area contributed by atoms with Gasteiger partial charge in [0.05, 0.1) is 29.5 Å². The van der Waals surface area contributed by atoms with Gasteiger partial charge in [0, 0.05) is 31.2 Å². The minimum atomic E-state index is -4.76. The molecule has 0 aliphatic carbocycles. The molecule has 2 aliphatic heterocycles. The van der Waals surface area contributed by atoms with Crippen molar-refractivity contribution in [3.8, 4) is 0 Å². The van der Waals surface area contributed by atoms with E-state index in [2.05, 4.69) is 15.5 Å². The average molecular weight is 575 g/mol. The number of alkyl halides is 3. The molecule has 2 aliphatic rings. The van der Waals surface area contributed by atoms with Crippen LogP contribution in [0, 0.1) is 11.7 Å². The summed E-state index contributed by atoms with van der Waals surface area (Å²) in [5, 5.41) is 10.3. The number of piperidine rings is 1. The summed E-state index contributed by atoms with van der Waals surface area (Å²) in [6.45, 7) is 4.18. The van der Waals surface area contributed by atoms with Gasteiger partial charge in [-0.05, 0) is 55.2 Å². The first-order chi connectivity index (χ1) is 19.3. The molecule has 2 aromatic carbocycles. The number of nitrogens with zero attached hydrogens (tertiary/aromatic N) is 4. The number of fused-ring (bicyclic) bond motifs is 1. The fourth-order valence-electron chi connectivity index (χ4n) is 5.69. The SMILES string of the molecule is CC(C)C(NC(=O)c1cc(C(F)(F)F)ccc1F)C(=O)N1CCC2(CC1)C(=O)N(C)CN2c1ccc2[nH]ncc2c1. The quantitative estimate of drug-likeness (QED) is 0.452. The van der Waals surface area contributed by atoms with Gasteiger partial charge < -0.3 is 20.0 Å². The molecule has 1 spiro atoms. The number of nitrogens with one attached hydrogen (secondary N) is 2. The van der Waals surface area contributed by atoms with Crippen molar-refractivity contribution in [3.05, 3.63) is 59.5 Å². The second-order valence-electron chi connectivity index (χ2n) is 11.0. The maximum atomic E-state index is 14.3. The molecule has 0 radical (unpaired) electrons. The lowest BCUT2D eigenvalue weighted by molar-refractivity contribution is -0.139. The molecule has 2 N–H and O–H groups in total. The molecular formula is C28H30F4N6O3. The molecule has 3 aromatic rings. The number of likely N-dealkylation sites (N-methyl/N-ethyl adjacent to an activating group) is 1. The lowest BCUT2D eigenvalue weighted by atomic mass is 9.85. The number of halogens is 4.